The zero-order valence-electron chi connectivity index (χ0n) is 11.8. The summed E-state index contributed by atoms with van der Waals surface area (Å²) >= 11 is 5.85. The Morgan fingerprint density at radius 1 is 1.52 bits per heavy atom. The number of sulfonamides is 1. The van der Waals surface area contributed by atoms with Crippen molar-refractivity contribution in [3.63, 3.8) is 0 Å². The van der Waals surface area contributed by atoms with Crippen LogP contribution in [0.5, 0.6) is 0 Å². The van der Waals surface area contributed by atoms with Gasteiger partial charge >= 0.3 is 5.97 Å². The minimum absolute atomic E-state index is 0.0481. The first-order valence-electron chi connectivity index (χ1n) is 6.56. The number of nitrogens with zero attached hydrogens (tertiary/aromatic N) is 2. The molecule has 0 aliphatic carbocycles. The lowest BCUT2D eigenvalue weighted by Crippen LogP contribution is -2.40. The lowest BCUT2D eigenvalue weighted by atomic mass is 9.77. The summed E-state index contributed by atoms with van der Waals surface area (Å²) in [5, 5.41) is 9.38. The molecule has 2 heterocycles. The highest BCUT2D eigenvalue weighted by Crippen LogP contribution is 2.40. The van der Waals surface area contributed by atoms with Gasteiger partial charge in [0.2, 0.25) is 10.0 Å². The van der Waals surface area contributed by atoms with Crippen LogP contribution in [0.15, 0.2) is 23.2 Å². The van der Waals surface area contributed by atoms with Gasteiger partial charge in [-0.15, -0.1) is 0 Å². The zero-order valence-corrected chi connectivity index (χ0v) is 13.4. The SMILES string of the molecule is CC(C)C1(C(=O)O)CCN(S(=O)(=O)c2cccnc2Cl)C1. The molecule has 8 heteroatoms. The first-order valence-corrected chi connectivity index (χ1v) is 8.37. The van der Waals surface area contributed by atoms with E-state index < -0.39 is 21.4 Å². The highest BCUT2D eigenvalue weighted by molar-refractivity contribution is 7.89. The maximum absolute atomic E-state index is 12.6. The van der Waals surface area contributed by atoms with Crippen LogP contribution in [-0.2, 0) is 14.8 Å². The molecule has 1 unspecified atom stereocenters. The van der Waals surface area contributed by atoms with Gasteiger partial charge in [0.25, 0.3) is 0 Å². The van der Waals surface area contributed by atoms with Gasteiger partial charge < -0.3 is 5.11 Å². The third kappa shape index (κ3) is 2.65. The molecule has 1 saturated heterocycles. The first kappa shape index (κ1) is 16.2. The Hall–Kier alpha value is -1.18. The van der Waals surface area contributed by atoms with Crippen molar-refractivity contribution < 1.29 is 18.3 Å². The molecular weight excluding hydrogens is 316 g/mol. The summed E-state index contributed by atoms with van der Waals surface area (Å²) in [6.07, 6.45) is 1.69. The standard InChI is InChI=1S/C13H17ClN2O4S/c1-9(2)13(12(17)18)5-7-16(8-13)21(19,20)10-4-3-6-15-11(10)14/h3-4,6,9H,5,7-8H2,1-2H3,(H,17,18). The maximum atomic E-state index is 12.6. The van der Waals surface area contributed by atoms with Gasteiger partial charge in [-0.1, -0.05) is 25.4 Å². The number of hydrogen-bond acceptors (Lipinski definition) is 4. The van der Waals surface area contributed by atoms with Crippen molar-refractivity contribution in [3.8, 4) is 0 Å². The smallest absolute Gasteiger partial charge is 0.311 e. The molecule has 1 aromatic heterocycles. The van der Waals surface area contributed by atoms with Crippen LogP contribution >= 0.6 is 11.6 Å². The third-order valence-corrected chi connectivity index (χ3v) is 6.43. The molecule has 2 rings (SSSR count). The summed E-state index contributed by atoms with van der Waals surface area (Å²) in [6.45, 7) is 3.70. The maximum Gasteiger partial charge on any atom is 0.311 e. The fourth-order valence-corrected chi connectivity index (χ4v) is 4.54. The minimum Gasteiger partial charge on any atom is -0.481 e. The molecule has 0 aromatic carbocycles. The molecule has 0 amide bonds. The average molecular weight is 333 g/mol. The summed E-state index contributed by atoms with van der Waals surface area (Å²) in [4.78, 5) is 15.3. The van der Waals surface area contributed by atoms with E-state index in [-0.39, 0.29) is 35.5 Å². The molecule has 6 nitrogen and oxygen atoms in total. The van der Waals surface area contributed by atoms with Gasteiger partial charge in [0.15, 0.2) is 0 Å². The molecule has 0 saturated carbocycles. The van der Waals surface area contributed by atoms with Crippen molar-refractivity contribution in [2.24, 2.45) is 11.3 Å². The minimum atomic E-state index is -3.83. The van der Waals surface area contributed by atoms with Crippen LogP contribution in [0.3, 0.4) is 0 Å². The highest BCUT2D eigenvalue weighted by Gasteiger charge is 2.50. The predicted molar refractivity (Wildman–Crippen MR) is 77.5 cm³/mol. The number of hydrogen-bond donors (Lipinski definition) is 1. The van der Waals surface area contributed by atoms with E-state index in [4.69, 9.17) is 11.6 Å². The van der Waals surface area contributed by atoms with Gasteiger partial charge in [0, 0.05) is 19.3 Å². The second-order valence-corrected chi connectivity index (χ2v) is 7.76. The Morgan fingerprint density at radius 3 is 2.67 bits per heavy atom. The number of aromatic nitrogens is 1. The van der Waals surface area contributed by atoms with E-state index in [0.29, 0.717) is 0 Å². The quantitative estimate of drug-likeness (QED) is 0.850. The third-order valence-electron chi connectivity index (χ3n) is 4.14. The highest BCUT2D eigenvalue weighted by atomic mass is 35.5. The molecule has 0 spiro atoms. The van der Waals surface area contributed by atoms with Crippen molar-refractivity contribution in [3.05, 3.63) is 23.5 Å². The van der Waals surface area contributed by atoms with Gasteiger partial charge in [0.1, 0.15) is 10.0 Å². The summed E-state index contributed by atoms with van der Waals surface area (Å²) in [6, 6.07) is 2.86. The van der Waals surface area contributed by atoms with Crippen LogP contribution in [0.4, 0.5) is 0 Å². The molecule has 1 aliphatic heterocycles. The molecule has 1 aliphatic rings. The van der Waals surface area contributed by atoms with Crippen LogP contribution in [0, 0.1) is 11.3 Å². The molecule has 1 atom stereocenters. The number of carboxylic acid groups (broad SMARTS) is 1. The Labute approximate surface area is 128 Å². The summed E-state index contributed by atoms with van der Waals surface area (Å²) < 4.78 is 26.4. The van der Waals surface area contributed by atoms with E-state index in [1.54, 1.807) is 13.8 Å². The number of carbonyl (C=O) groups is 1. The Kier molecular flexibility index (Phi) is 4.28. The van der Waals surface area contributed by atoms with Crippen molar-refractivity contribution in [1.82, 2.24) is 9.29 Å². The van der Waals surface area contributed by atoms with Crippen LogP contribution in [0.2, 0.25) is 5.15 Å². The lowest BCUT2D eigenvalue weighted by molar-refractivity contribution is -0.150. The molecule has 0 radical (unpaired) electrons. The second kappa shape index (κ2) is 5.55. The summed E-state index contributed by atoms with van der Waals surface area (Å²) in [5.74, 6) is -1.13. The van der Waals surface area contributed by atoms with Crippen LogP contribution in [0.25, 0.3) is 0 Å². The predicted octanol–water partition coefficient (Wildman–Crippen LogP) is 1.86. The molecule has 0 bridgehead atoms. The van der Waals surface area contributed by atoms with Crippen molar-refractivity contribution in [2.75, 3.05) is 13.1 Å². The van der Waals surface area contributed by atoms with Crippen molar-refractivity contribution >= 4 is 27.6 Å². The van der Waals surface area contributed by atoms with E-state index >= 15 is 0 Å². The van der Waals surface area contributed by atoms with E-state index in [1.165, 1.54) is 22.6 Å². The van der Waals surface area contributed by atoms with E-state index in [9.17, 15) is 18.3 Å². The molecule has 116 valence electrons. The molecular formula is C13H17ClN2O4S. The second-order valence-electron chi connectivity index (χ2n) is 5.50. The van der Waals surface area contributed by atoms with Crippen LogP contribution in [-0.4, -0.2) is 41.9 Å². The first-order chi connectivity index (χ1) is 9.71. The fraction of sp³-hybridized carbons (Fsp3) is 0.538. The number of aliphatic carboxylic acids is 1. The van der Waals surface area contributed by atoms with Gasteiger partial charge in [-0.3, -0.25) is 4.79 Å². The monoisotopic (exact) mass is 332 g/mol. The number of rotatable bonds is 4. The Balaban J connectivity index is 2.37. The topological polar surface area (TPSA) is 87.6 Å². The summed E-state index contributed by atoms with van der Waals surface area (Å²) in [5.41, 5.74) is -1.05. The average Bonchev–Trinajstić information content (AvgIpc) is 2.86. The van der Waals surface area contributed by atoms with E-state index in [2.05, 4.69) is 4.98 Å². The Morgan fingerprint density at radius 2 is 2.19 bits per heavy atom. The molecule has 1 aromatic rings. The van der Waals surface area contributed by atoms with E-state index in [1.807, 2.05) is 0 Å². The number of halogens is 1. The van der Waals surface area contributed by atoms with Gasteiger partial charge in [-0.25, -0.2) is 13.4 Å². The zero-order chi connectivity index (χ0) is 15.8. The normalized spacial score (nSPS) is 23.6. The summed E-state index contributed by atoms with van der Waals surface area (Å²) in [7, 11) is -3.83. The van der Waals surface area contributed by atoms with Crippen molar-refractivity contribution in [2.45, 2.75) is 25.2 Å². The fourth-order valence-electron chi connectivity index (χ4n) is 2.60. The van der Waals surface area contributed by atoms with Crippen molar-refractivity contribution in [1.29, 1.82) is 0 Å². The molecule has 1 N–H and O–H groups in total. The molecule has 21 heavy (non-hydrogen) atoms. The van der Waals surface area contributed by atoms with Gasteiger partial charge in [-0.05, 0) is 24.5 Å². The number of carboxylic acids is 1. The van der Waals surface area contributed by atoms with Crippen LogP contribution in [0.1, 0.15) is 20.3 Å². The van der Waals surface area contributed by atoms with E-state index in [0.717, 1.165) is 0 Å². The van der Waals surface area contributed by atoms with Gasteiger partial charge in [-0.2, -0.15) is 4.31 Å². The molecule has 1 fully saturated rings. The lowest BCUT2D eigenvalue weighted by Gasteiger charge is -2.28. The van der Waals surface area contributed by atoms with Crippen LogP contribution < -0.4 is 0 Å². The largest absolute Gasteiger partial charge is 0.481 e. The Bertz CT molecular complexity index is 662. The van der Waals surface area contributed by atoms with Gasteiger partial charge in [0.05, 0.1) is 5.41 Å². The number of pyridine rings is 1.